The number of hydrogen-bond acceptors (Lipinski definition) is 2. The maximum absolute atomic E-state index is 7.09. The summed E-state index contributed by atoms with van der Waals surface area (Å²) in [4.78, 5) is 0.582. The van der Waals surface area contributed by atoms with Gasteiger partial charge in [-0.15, -0.1) is 0 Å². The highest BCUT2D eigenvalue weighted by Gasteiger charge is 2.24. The third-order valence-electron chi connectivity index (χ3n) is 2.11. The zero-order chi connectivity index (χ0) is 7.56. The summed E-state index contributed by atoms with van der Waals surface area (Å²) >= 11 is 3.54. The molecule has 2 nitrogen and oxygen atoms in total. The molecule has 10 heavy (non-hydrogen) atoms. The van der Waals surface area contributed by atoms with Crippen molar-refractivity contribution >= 4 is 22.1 Å². The van der Waals surface area contributed by atoms with Crippen LogP contribution in [0.4, 0.5) is 0 Å². The van der Waals surface area contributed by atoms with E-state index in [9.17, 15) is 0 Å². The van der Waals surface area contributed by atoms with Crippen molar-refractivity contribution in [2.24, 2.45) is 11.7 Å². The molecule has 1 rings (SSSR count). The molecule has 3 heteroatoms. The molecule has 58 valence electrons. The molecule has 1 fully saturated rings. The molecule has 0 saturated heterocycles. The third kappa shape index (κ3) is 1.80. The zero-order valence-electron chi connectivity index (χ0n) is 5.89. The summed E-state index contributed by atoms with van der Waals surface area (Å²) in [6, 6.07) is 0.228. The monoisotopic (exact) mass is 204 g/mol. The van der Waals surface area contributed by atoms with Crippen LogP contribution in [0.2, 0.25) is 0 Å². The predicted molar refractivity (Wildman–Crippen MR) is 46.8 cm³/mol. The number of rotatable bonds is 1. The maximum Gasteiger partial charge on any atom is 0.0153 e. The van der Waals surface area contributed by atoms with Gasteiger partial charge in [0.2, 0.25) is 0 Å². The molecule has 0 radical (unpaired) electrons. The van der Waals surface area contributed by atoms with Crippen LogP contribution in [0.3, 0.4) is 0 Å². The second-order valence-electron chi connectivity index (χ2n) is 2.90. The van der Waals surface area contributed by atoms with Crippen molar-refractivity contribution in [2.75, 3.05) is 0 Å². The molecule has 3 atom stereocenters. The van der Waals surface area contributed by atoms with E-state index in [0.29, 0.717) is 10.7 Å². The molecule has 0 aromatic carbocycles. The number of hydrogen-bond donors (Lipinski definition) is 2. The highest BCUT2D eigenvalue weighted by Crippen LogP contribution is 2.26. The molecule has 1 aliphatic carbocycles. The van der Waals surface area contributed by atoms with Crippen molar-refractivity contribution < 1.29 is 0 Å². The van der Waals surface area contributed by atoms with Crippen LogP contribution in [0.5, 0.6) is 0 Å². The summed E-state index contributed by atoms with van der Waals surface area (Å²) in [6.45, 7) is 0. The van der Waals surface area contributed by atoms with E-state index in [0.717, 1.165) is 19.3 Å². The lowest BCUT2D eigenvalue weighted by Gasteiger charge is -2.28. The SMILES string of the molecule is N=CC1CC(Br)CCC1N. The molecule has 1 aliphatic rings. The molecule has 0 amide bonds. The van der Waals surface area contributed by atoms with E-state index in [1.54, 1.807) is 0 Å². The van der Waals surface area contributed by atoms with Crippen LogP contribution < -0.4 is 5.73 Å². The Balaban J connectivity index is 2.45. The Bertz CT molecular complexity index is 127. The lowest BCUT2D eigenvalue weighted by atomic mass is 9.86. The molecule has 3 N–H and O–H groups in total. The molecule has 1 saturated carbocycles. The smallest absolute Gasteiger partial charge is 0.0153 e. The van der Waals surface area contributed by atoms with Gasteiger partial charge in [0, 0.05) is 16.8 Å². The average Bonchev–Trinajstić information content (AvgIpc) is 1.94. The maximum atomic E-state index is 7.09. The van der Waals surface area contributed by atoms with Crippen molar-refractivity contribution in [3.05, 3.63) is 0 Å². The summed E-state index contributed by atoms with van der Waals surface area (Å²) < 4.78 is 0. The van der Waals surface area contributed by atoms with E-state index in [1.807, 2.05) is 0 Å². The molecule has 0 aromatic rings. The van der Waals surface area contributed by atoms with Gasteiger partial charge < -0.3 is 11.1 Å². The fraction of sp³-hybridized carbons (Fsp3) is 0.857. The quantitative estimate of drug-likeness (QED) is 0.495. The Kier molecular flexibility index (Phi) is 2.86. The van der Waals surface area contributed by atoms with Crippen LogP contribution >= 0.6 is 15.9 Å². The lowest BCUT2D eigenvalue weighted by Crippen LogP contribution is -2.37. The van der Waals surface area contributed by atoms with Gasteiger partial charge in [-0.3, -0.25) is 0 Å². The zero-order valence-corrected chi connectivity index (χ0v) is 7.47. The first-order valence-electron chi connectivity index (χ1n) is 3.64. The van der Waals surface area contributed by atoms with E-state index in [1.165, 1.54) is 6.21 Å². The minimum absolute atomic E-state index is 0.228. The molecular weight excluding hydrogens is 192 g/mol. The van der Waals surface area contributed by atoms with Crippen molar-refractivity contribution in [2.45, 2.75) is 30.1 Å². The van der Waals surface area contributed by atoms with Crippen LogP contribution in [0.25, 0.3) is 0 Å². The second kappa shape index (κ2) is 3.49. The first-order valence-corrected chi connectivity index (χ1v) is 4.56. The highest BCUT2D eigenvalue weighted by atomic mass is 79.9. The van der Waals surface area contributed by atoms with Crippen molar-refractivity contribution in [1.82, 2.24) is 0 Å². The van der Waals surface area contributed by atoms with E-state index in [4.69, 9.17) is 11.1 Å². The number of alkyl halides is 1. The van der Waals surface area contributed by atoms with Crippen LogP contribution in [0, 0.1) is 11.3 Å². The van der Waals surface area contributed by atoms with Crippen LogP contribution in [0.1, 0.15) is 19.3 Å². The fourth-order valence-electron chi connectivity index (χ4n) is 1.37. The third-order valence-corrected chi connectivity index (χ3v) is 2.94. The standard InChI is InChI=1S/C7H13BrN2/c8-6-1-2-7(10)5(3-6)4-9/h4-7,9H,1-3,10H2. The van der Waals surface area contributed by atoms with Gasteiger partial charge in [0.15, 0.2) is 0 Å². The van der Waals surface area contributed by atoms with Gasteiger partial charge in [0.25, 0.3) is 0 Å². The molecule has 0 bridgehead atoms. The van der Waals surface area contributed by atoms with Crippen molar-refractivity contribution in [3.8, 4) is 0 Å². The highest BCUT2D eigenvalue weighted by molar-refractivity contribution is 9.09. The minimum Gasteiger partial charge on any atom is -0.327 e. The van der Waals surface area contributed by atoms with Gasteiger partial charge in [-0.05, 0) is 25.5 Å². The van der Waals surface area contributed by atoms with Crippen LogP contribution in [0.15, 0.2) is 0 Å². The molecule has 0 heterocycles. The van der Waals surface area contributed by atoms with Gasteiger partial charge in [0.05, 0.1) is 0 Å². The van der Waals surface area contributed by atoms with Gasteiger partial charge in [-0.25, -0.2) is 0 Å². The summed E-state index contributed by atoms with van der Waals surface area (Å²) in [7, 11) is 0. The van der Waals surface area contributed by atoms with Gasteiger partial charge >= 0.3 is 0 Å². The van der Waals surface area contributed by atoms with Gasteiger partial charge in [-0.1, -0.05) is 15.9 Å². The Hall–Kier alpha value is 0.110. The fourth-order valence-corrected chi connectivity index (χ4v) is 2.06. The van der Waals surface area contributed by atoms with Gasteiger partial charge in [0.1, 0.15) is 0 Å². The van der Waals surface area contributed by atoms with E-state index >= 15 is 0 Å². The Morgan fingerprint density at radius 2 is 2.20 bits per heavy atom. The van der Waals surface area contributed by atoms with Crippen LogP contribution in [-0.4, -0.2) is 17.1 Å². The largest absolute Gasteiger partial charge is 0.327 e. The Labute approximate surface area is 69.8 Å². The second-order valence-corrected chi connectivity index (χ2v) is 4.20. The Morgan fingerprint density at radius 1 is 1.50 bits per heavy atom. The lowest BCUT2D eigenvalue weighted by molar-refractivity contribution is 0.396. The van der Waals surface area contributed by atoms with Crippen molar-refractivity contribution in [1.29, 1.82) is 5.41 Å². The Morgan fingerprint density at radius 3 is 2.70 bits per heavy atom. The number of nitrogens with two attached hydrogens (primary N) is 1. The van der Waals surface area contributed by atoms with E-state index in [2.05, 4.69) is 15.9 Å². The molecule has 3 unspecified atom stereocenters. The normalized spacial score (nSPS) is 41.2. The van der Waals surface area contributed by atoms with Gasteiger partial charge in [-0.2, -0.15) is 0 Å². The molecule has 0 aliphatic heterocycles. The minimum atomic E-state index is 0.228. The van der Waals surface area contributed by atoms with Crippen molar-refractivity contribution in [3.63, 3.8) is 0 Å². The molecular formula is C7H13BrN2. The summed E-state index contributed by atoms with van der Waals surface area (Å²) in [5.74, 6) is 0.304. The summed E-state index contributed by atoms with van der Waals surface area (Å²) in [6.07, 6.45) is 4.73. The summed E-state index contributed by atoms with van der Waals surface area (Å²) in [5, 5.41) is 7.09. The van der Waals surface area contributed by atoms with E-state index < -0.39 is 0 Å². The predicted octanol–water partition coefficient (Wildman–Crippen LogP) is 1.53. The summed E-state index contributed by atoms with van der Waals surface area (Å²) in [5.41, 5.74) is 5.78. The molecule has 0 aromatic heterocycles. The number of halogens is 1. The van der Waals surface area contributed by atoms with Crippen LogP contribution in [-0.2, 0) is 0 Å². The topological polar surface area (TPSA) is 49.9 Å². The van der Waals surface area contributed by atoms with E-state index in [-0.39, 0.29) is 6.04 Å². The first kappa shape index (κ1) is 8.21. The average molecular weight is 205 g/mol. The number of nitrogens with one attached hydrogen (secondary N) is 1. The molecule has 0 spiro atoms. The first-order chi connectivity index (χ1) is 4.74.